The first-order chi connectivity index (χ1) is 9.55. The molecular formula is C17H19NO2. The molecule has 3 nitrogen and oxygen atoms in total. The van der Waals surface area contributed by atoms with Gasteiger partial charge in [-0.05, 0) is 31.5 Å². The topological polar surface area (TPSA) is 42.4 Å². The molecule has 1 aliphatic heterocycles. The van der Waals surface area contributed by atoms with Crippen LogP contribution in [-0.4, -0.2) is 15.7 Å². The van der Waals surface area contributed by atoms with Crippen molar-refractivity contribution in [2.75, 3.05) is 0 Å². The number of para-hydroxylation sites is 1. The summed E-state index contributed by atoms with van der Waals surface area (Å²) in [6, 6.07) is 11.7. The van der Waals surface area contributed by atoms with Crippen LogP contribution in [0, 0.1) is 0 Å². The first kappa shape index (κ1) is 13.1. The maximum absolute atomic E-state index is 10.5. The van der Waals surface area contributed by atoms with Crippen LogP contribution in [0.15, 0.2) is 42.6 Å². The maximum Gasteiger partial charge on any atom is 0.129 e. The van der Waals surface area contributed by atoms with E-state index in [0.717, 1.165) is 23.4 Å². The van der Waals surface area contributed by atoms with Gasteiger partial charge in [0.15, 0.2) is 0 Å². The quantitative estimate of drug-likeness (QED) is 0.931. The molecule has 0 aliphatic carbocycles. The van der Waals surface area contributed by atoms with Crippen molar-refractivity contribution >= 4 is 0 Å². The van der Waals surface area contributed by atoms with E-state index in [9.17, 15) is 5.11 Å². The highest BCUT2D eigenvalue weighted by Crippen LogP contribution is 2.40. The van der Waals surface area contributed by atoms with Crippen LogP contribution in [0.1, 0.15) is 36.8 Å². The Morgan fingerprint density at radius 1 is 1.25 bits per heavy atom. The molecule has 0 saturated heterocycles. The van der Waals surface area contributed by atoms with Crippen molar-refractivity contribution in [1.82, 2.24) is 4.98 Å². The van der Waals surface area contributed by atoms with Crippen molar-refractivity contribution in [3.05, 3.63) is 59.4 Å². The Labute approximate surface area is 119 Å². The van der Waals surface area contributed by atoms with Gasteiger partial charge in [-0.1, -0.05) is 24.3 Å². The third kappa shape index (κ3) is 2.54. The lowest BCUT2D eigenvalue weighted by Gasteiger charge is -2.19. The molecule has 1 unspecified atom stereocenters. The highest BCUT2D eigenvalue weighted by Gasteiger charge is 2.32. The summed E-state index contributed by atoms with van der Waals surface area (Å²) >= 11 is 0. The van der Waals surface area contributed by atoms with E-state index in [1.54, 1.807) is 6.20 Å². The Morgan fingerprint density at radius 3 is 2.85 bits per heavy atom. The number of aromatic nitrogens is 1. The fourth-order valence-corrected chi connectivity index (χ4v) is 2.73. The molecule has 0 amide bonds. The molecule has 0 fully saturated rings. The fraction of sp³-hybridized carbons (Fsp3) is 0.353. The number of ether oxygens (including phenoxy) is 1. The fourth-order valence-electron chi connectivity index (χ4n) is 2.73. The molecule has 1 aliphatic rings. The van der Waals surface area contributed by atoms with Gasteiger partial charge in [-0.2, -0.15) is 0 Å². The van der Waals surface area contributed by atoms with Crippen molar-refractivity contribution in [3.63, 3.8) is 0 Å². The molecule has 3 heteroatoms. The van der Waals surface area contributed by atoms with Gasteiger partial charge < -0.3 is 9.84 Å². The summed E-state index contributed by atoms with van der Waals surface area (Å²) in [5.74, 6) is 0.848. The lowest BCUT2D eigenvalue weighted by atomic mass is 9.97. The molecule has 0 spiro atoms. The minimum absolute atomic E-state index is 0.191. The summed E-state index contributed by atoms with van der Waals surface area (Å²) in [5, 5.41) is 10.5. The molecule has 1 aromatic carbocycles. The SMILES string of the molecule is CC1(C)Cc2cccc(C(O)Cc3ccccn3)c2O1. The van der Waals surface area contributed by atoms with Crippen molar-refractivity contribution in [3.8, 4) is 5.75 Å². The summed E-state index contributed by atoms with van der Waals surface area (Å²) in [5.41, 5.74) is 2.73. The molecule has 1 aromatic heterocycles. The first-order valence-corrected chi connectivity index (χ1v) is 6.94. The number of aliphatic hydroxyl groups excluding tert-OH is 1. The second-order valence-corrected chi connectivity index (χ2v) is 5.92. The van der Waals surface area contributed by atoms with Gasteiger partial charge in [0.05, 0.1) is 6.10 Å². The smallest absolute Gasteiger partial charge is 0.129 e. The monoisotopic (exact) mass is 269 g/mol. The molecule has 3 rings (SSSR count). The predicted octanol–water partition coefficient (Wildman–Crippen LogP) is 3.07. The van der Waals surface area contributed by atoms with Gasteiger partial charge in [-0.15, -0.1) is 0 Å². The van der Waals surface area contributed by atoms with Crippen LogP contribution in [0.3, 0.4) is 0 Å². The standard InChI is InChI=1S/C17H19NO2/c1-17(2)11-12-6-5-8-14(16(12)20-17)15(19)10-13-7-3-4-9-18-13/h3-9,15,19H,10-11H2,1-2H3. The summed E-state index contributed by atoms with van der Waals surface area (Å²) < 4.78 is 6.00. The van der Waals surface area contributed by atoms with Crippen LogP contribution in [0.5, 0.6) is 5.75 Å². The van der Waals surface area contributed by atoms with Crippen molar-refractivity contribution < 1.29 is 9.84 Å². The van der Waals surface area contributed by atoms with Crippen molar-refractivity contribution in [2.24, 2.45) is 0 Å². The van der Waals surface area contributed by atoms with Gasteiger partial charge in [0.2, 0.25) is 0 Å². The Balaban J connectivity index is 1.87. The van der Waals surface area contributed by atoms with Crippen LogP contribution in [0.25, 0.3) is 0 Å². The highest BCUT2D eigenvalue weighted by molar-refractivity contribution is 5.47. The molecule has 20 heavy (non-hydrogen) atoms. The third-order valence-corrected chi connectivity index (χ3v) is 3.61. The largest absolute Gasteiger partial charge is 0.487 e. The molecule has 2 heterocycles. The van der Waals surface area contributed by atoms with Crippen LogP contribution >= 0.6 is 0 Å². The zero-order valence-corrected chi connectivity index (χ0v) is 11.8. The minimum atomic E-state index is -0.589. The van der Waals surface area contributed by atoms with E-state index in [1.165, 1.54) is 5.56 Å². The lowest BCUT2D eigenvalue weighted by molar-refractivity contribution is 0.126. The Morgan fingerprint density at radius 2 is 2.10 bits per heavy atom. The van der Waals surface area contributed by atoms with E-state index < -0.39 is 6.10 Å². The molecule has 104 valence electrons. The number of hydrogen-bond donors (Lipinski definition) is 1. The number of pyridine rings is 1. The number of benzene rings is 1. The zero-order chi connectivity index (χ0) is 14.2. The Kier molecular flexibility index (Phi) is 3.22. The molecular weight excluding hydrogens is 250 g/mol. The van der Waals surface area contributed by atoms with E-state index in [1.807, 2.05) is 30.3 Å². The van der Waals surface area contributed by atoms with Crippen LogP contribution in [0.4, 0.5) is 0 Å². The normalized spacial score (nSPS) is 17.4. The summed E-state index contributed by atoms with van der Waals surface area (Å²) in [6.45, 7) is 4.14. The minimum Gasteiger partial charge on any atom is -0.487 e. The Hall–Kier alpha value is -1.87. The van der Waals surface area contributed by atoms with Gasteiger partial charge in [0.1, 0.15) is 11.4 Å². The number of rotatable bonds is 3. The lowest BCUT2D eigenvalue weighted by Crippen LogP contribution is -2.25. The van der Waals surface area contributed by atoms with Crippen LogP contribution < -0.4 is 4.74 Å². The van der Waals surface area contributed by atoms with Gasteiger partial charge in [-0.3, -0.25) is 4.98 Å². The van der Waals surface area contributed by atoms with Crippen LogP contribution in [0.2, 0.25) is 0 Å². The van der Waals surface area contributed by atoms with Crippen LogP contribution in [-0.2, 0) is 12.8 Å². The van der Waals surface area contributed by atoms with E-state index in [4.69, 9.17) is 4.74 Å². The summed E-state index contributed by atoms with van der Waals surface area (Å²) in [7, 11) is 0. The van der Waals surface area contributed by atoms with Crippen molar-refractivity contribution in [2.45, 2.75) is 38.4 Å². The highest BCUT2D eigenvalue weighted by atomic mass is 16.5. The number of aliphatic hydroxyl groups is 1. The number of hydrogen-bond acceptors (Lipinski definition) is 3. The van der Waals surface area contributed by atoms with Crippen molar-refractivity contribution in [1.29, 1.82) is 0 Å². The number of fused-ring (bicyclic) bond motifs is 1. The van der Waals surface area contributed by atoms with E-state index in [-0.39, 0.29) is 5.60 Å². The average Bonchev–Trinajstić information content (AvgIpc) is 2.73. The second-order valence-electron chi connectivity index (χ2n) is 5.92. The van der Waals surface area contributed by atoms with Gasteiger partial charge >= 0.3 is 0 Å². The van der Waals surface area contributed by atoms with E-state index in [0.29, 0.717) is 6.42 Å². The summed E-state index contributed by atoms with van der Waals surface area (Å²) in [6.07, 6.45) is 2.54. The molecule has 1 N–H and O–H groups in total. The summed E-state index contributed by atoms with van der Waals surface area (Å²) in [4.78, 5) is 4.27. The van der Waals surface area contributed by atoms with Gasteiger partial charge in [-0.25, -0.2) is 0 Å². The molecule has 2 aromatic rings. The van der Waals surface area contributed by atoms with Gasteiger partial charge in [0, 0.05) is 30.3 Å². The van der Waals surface area contributed by atoms with E-state index >= 15 is 0 Å². The molecule has 1 atom stereocenters. The van der Waals surface area contributed by atoms with E-state index in [2.05, 4.69) is 24.9 Å². The second kappa shape index (κ2) is 4.91. The maximum atomic E-state index is 10.5. The molecule has 0 radical (unpaired) electrons. The average molecular weight is 269 g/mol. The van der Waals surface area contributed by atoms with Gasteiger partial charge in [0.25, 0.3) is 0 Å². The third-order valence-electron chi connectivity index (χ3n) is 3.61. The molecule has 0 bridgehead atoms. The number of nitrogens with zero attached hydrogens (tertiary/aromatic N) is 1. The first-order valence-electron chi connectivity index (χ1n) is 6.94. The zero-order valence-electron chi connectivity index (χ0n) is 11.8. The molecule has 0 saturated carbocycles. The predicted molar refractivity (Wildman–Crippen MR) is 77.8 cm³/mol. The Bertz CT molecular complexity index is 608.